The number of nitrogens with one attached hydrogen (secondary N) is 1. The molecule has 1 aliphatic heterocycles. The van der Waals surface area contributed by atoms with Crippen LogP contribution in [0, 0.1) is 0 Å². The summed E-state index contributed by atoms with van der Waals surface area (Å²) in [6.07, 6.45) is 0.0589. The van der Waals surface area contributed by atoms with Gasteiger partial charge in [-0.3, -0.25) is 13.9 Å². The molecular formula is C16H30N2O7S. The number of nitrogens with zero attached hydrogens (tertiary/aromatic N) is 1. The van der Waals surface area contributed by atoms with Crippen LogP contribution in [0.4, 0.5) is 4.79 Å². The van der Waals surface area contributed by atoms with Gasteiger partial charge in [-0.15, -0.1) is 0 Å². The van der Waals surface area contributed by atoms with Crippen LogP contribution in [0.15, 0.2) is 0 Å². The zero-order valence-corrected chi connectivity index (χ0v) is 17.3. The molecule has 1 aliphatic rings. The van der Waals surface area contributed by atoms with Gasteiger partial charge in [-0.05, 0) is 41.0 Å². The summed E-state index contributed by atoms with van der Waals surface area (Å²) in [5.74, 6) is -0.198. The Morgan fingerprint density at radius 3 is 2.31 bits per heavy atom. The summed E-state index contributed by atoms with van der Waals surface area (Å²) in [6.45, 7) is 10.1. The van der Waals surface area contributed by atoms with Gasteiger partial charge >= 0.3 is 6.09 Å². The summed E-state index contributed by atoms with van der Waals surface area (Å²) in [5.41, 5.74) is -1.72. The molecule has 9 nitrogen and oxygen atoms in total. The van der Waals surface area contributed by atoms with E-state index in [0.29, 0.717) is 13.0 Å². The fourth-order valence-electron chi connectivity index (χ4n) is 2.78. The lowest BCUT2D eigenvalue weighted by Gasteiger charge is -2.35. The summed E-state index contributed by atoms with van der Waals surface area (Å²) >= 11 is 0. The molecule has 1 heterocycles. The van der Waals surface area contributed by atoms with E-state index < -0.39 is 39.7 Å². The number of hydrogen-bond donors (Lipinski definition) is 1. The third-order valence-corrected chi connectivity index (χ3v) is 4.20. The summed E-state index contributed by atoms with van der Waals surface area (Å²) in [6, 6.07) is -0.520. The second kappa shape index (κ2) is 8.10. The Labute approximate surface area is 155 Å². The van der Waals surface area contributed by atoms with Crippen LogP contribution in [-0.4, -0.2) is 68.2 Å². The second-order valence-electron chi connectivity index (χ2n) is 7.78. The van der Waals surface area contributed by atoms with Gasteiger partial charge < -0.3 is 14.8 Å². The van der Waals surface area contributed by atoms with E-state index in [4.69, 9.17) is 13.7 Å². The highest BCUT2D eigenvalue weighted by atomic mass is 32.2. The van der Waals surface area contributed by atoms with Gasteiger partial charge in [-0.2, -0.15) is 8.42 Å². The molecule has 10 heteroatoms. The molecule has 152 valence electrons. The molecule has 0 aliphatic carbocycles. The van der Waals surface area contributed by atoms with Crippen molar-refractivity contribution in [3.05, 3.63) is 0 Å². The van der Waals surface area contributed by atoms with Crippen LogP contribution < -0.4 is 5.32 Å². The minimum Gasteiger partial charge on any atom is -0.444 e. The van der Waals surface area contributed by atoms with E-state index in [9.17, 15) is 18.0 Å². The molecule has 0 saturated carbocycles. The molecule has 0 aromatic rings. The maximum Gasteiger partial charge on any atom is 0.412 e. The van der Waals surface area contributed by atoms with Crippen molar-refractivity contribution in [3.8, 4) is 0 Å². The average molecular weight is 394 g/mol. The number of hydrogen-bond acceptors (Lipinski definition) is 7. The lowest BCUT2D eigenvalue weighted by molar-refractivity contribution is -0.119. The summed E-state index contributed by atoms with van der Waals surface area (Å²) in [7, 11) is -3.66. The molecule has 0 bridgehead atoms. The van der Waals surface area contributed by atoms with Crippen LogP contribution in [0.25, 0.3) is 0 Å². The Hall–Kier alpha value is -1.39. The second-order valence-corrected chi connectivity index (χ2v) is 9.42. The molecule has 1 fully saturated rings. The van der Waals surface area contributed by atoms with Gasteiger partial charge in [0.25, 0.3) is 10.1 Å². The number of carbonyl (C=O) groups is 2. The van der Waals surface area contributed by atoms with Crippen LogP contribution in [0.5, 0.6) is 0 Å². The van der Waals surface area contributed by atoms with E-state index in [1.165, 1.54) is 11.8 Å². The predicted octanol–water partition coefficient (Wildman–Crippen LogP) is 1.23. The summed E-state index contributed by atoms with van der Waals surface area (Å²) in [4.78, 5) is 25.3. The number of ether oxygens (including phenoxy) is 2. The van der Waals surface area contributed by atoms with E-state index in [-0.39, 0.29) is 12.5 Å². The van der Waals surface area contributed by atoms with Crippen molar-refractivity contribution >= 4 is 22.1 Å². The van der Waals surface area contributed by atoms with Crippen LogP contribution >= 0.6 is 0 Å². The molecule has 0 spiro atoms. The van der Waals surface area contributed by atoms with E-state index in [1.807, 2.05) is 0 Å². The van der Waals surface area contributed by atoms with Gasteiger partial charge in [-0.25, -0.2) is 4.79 Å². The summed E-state index contributed by atoms with van der Waals surface area (Å²) in [5, 5.41) is 2.67. The first-order valence-electron chi connectivity index (χ1n) is 8.41. The number of rotatable bonds is 6. The van der Waals surface area contributed by atoms with Crippen molar-refractivity contribution in [1.82, 2.24) is 10.2 Å². The molecule has 1 N–H and O–H groups in total. The van der Waals surface area contributed by atoms with Crippen molar-refractivity contribution in [1.29, 1.82) is 0 Å². The van der Waals surface area contributed by atoms with Gasteiger partial charge in [0.15, 0.2) is 0 Å². The maximum absolute atomic E-state index is 12.7. The van der Waals surface area contributed by atoms with Gasteiger partial charge in [0, 0.05) is 13.5 Å². The first-order chi connectivity index (χ1) is 11.6. The molecule has 2 amide bonds. The predicted molar refractivity (Wildman–Crippen MR) is 94.9 cm³/mol. The highest BCUT2D eigenvalue weighted by Gasteiger charge is 2.51. The van der Waals surface area contributed by atoms with Gasteiger partial charge in [0.1, 0.15) is 17.4 Å². The van der Waals surface area contributed by atoms with E-state index in [1.54, 1.807) is 34.6 Å². The zero-order chi connectivity index (χ0) is 20.3. The maximum atomic E-state index is 12.7. The molecule has 2 atom stereocenters. The Bertz CT molecular complexity index is 625. The van der Waals surface area contributed by atoms with E-state index in [0.717, 1.165) is 6.26 Å². The first kappa shape index (κ1) is 22.7. The minimum absolute atomic E-state index is 0.198. The van der Waals surface area contributed by atoms with Crippen LogP contribution in [-0.2, 0) is 28.6 Å². The van der Waals surface area contributed by atoms with E-state index >= 15 is 0 Å². The SMILES string of the molecule is CC(=O)NCCC1C(COS(C)(=O)=O)OC(C)(C)N1C(=O)OC(C)(C)C. The first-order valence-corrected chi connectivity index (χ1v) is 10.2. The average Bonchev–Trinajstić information content (AvgIpc) is 2.64. The zero-order valence-electron chi connectivity index (χ0n) is 16.5. The van der Waals surface area contributed by atoms with Gasteiger partial charge in [0.05, 0.1) is 18.9 Å². The highest BCUT2D eigenvalue weighted by molar-refractivity contribution is 7.85. The number of amides is 2. The Kier molecular flexibility index (Phi) is 7.05. The lowest BCUT2D eigenvalue weighted by atomic mass is 10.1. The summed E-state index contributed by atoms with van der Waals surface area (Å²) < 4.78 is 38.9. The highest BCUT2D eigenvalue weighted by Crippen LogP contribution is 2.35. The molecule has 0 aromatic carbocycles. The van der Waals surface area contributed by atoms with Crippen molar-refractivity contribution in [2.45, 2.75) is 71.4 Å². The smallest absolute Gasteiger partial charge is 0.412 e. The fraction of sp³-hybridized carbons (Fsp3) is 0.875. The number of carbonyl (C=O) groups excluding carboxylic acids is 2. The van der Waals surface area contributed by atoms with Crippen LogP contribution in [0.3, 0.4) is 0 Å². The molecule has 2 unspecified atom stereocenters. The Balaban J connectivity index is 3.03. The molecule has 0 aromatic heterocycles. The van der Waals surface area contributed by atoms with Crippen molar-refractivity contribution in [2.75, 3.05) is 19.4 Å². The largest absolute Gasteiger partial charge is 0.444 e. The standard InChI is InChI=1S/C16H30N2O7S/c1-11(19)17-9-8-12-13(10-23-26(7,21)22)24-16(5,6)18(12)14(20)25-15(2,3)4/h12-13H,8-10H2,1-7H3,(H,17,19). The lowest BCUT2D eigenvalue weighted by Crippen LogP contribution is -2.51. The van der Waals surface area contributed by atoms with Crippen molar-refractivity contribution in [3.63, 3.8) is 0 Å². The normalized spacial score (nSPS) is 23.0. The Morgan fingerprint density at radius 1 is 1.27 bits per heavy atom. The molecule has 1 saturated heterocycles. The minimum atomic E-state index is -3.66. The molecular weight excluding hydrogens is 364 g/mol. The van der Waals surface area contributed by atoms with Gasteiger partial charge in [0.2, 0.25) is 5.91 Å². The van der Waals surface area contributed by atoms with Crippen molar-refractivity contribution in [2.24, 2.45) is 0 Å². The van der Waals surface area contributed by atoms with Crippen LogP contribution in [0.2, 0.25) is 0 Å². The van der Waals surface area contributed by atoms with Gasteiger partial charge in [-0.1, -0.05) is 0 Å². The van der Waals surface area contributed by atoms with E-state index in [2.05, 4.69) is 5.32 Å². The monoisotopic (exact) mass is 394 g/mol. The topological polar surface area (TPSA) is 111 Å². The van der Waals surface area contributed by atoms with Crippen molar-refractivity contribution < 1.29 is 31.7 Å². The quantitative estimate of drug-likeness (QED) is 0.674. The Morgan fingerprint density at radius 2 is 1.85 bits per heavy atom. The van der Waals surface area contributed by atoms with Crippen LogP contribution in [0.1, 0.15) is 48.0 Å². The molecule has 1 rings (SSSR count). The molecule has 26 heavy (non-hydrogen) atoms. The third-order valence-electron chi connectivity index (χ3n) is 3.63. The molecule has 0 radical (unpaired) electrons. The third kappa shape index (κ3) is 7.08. The fourth-order valence-corrected chi connectivity index (χ4v) is 3.17.